The maximum atomic E-state index is 13.2. The highest BCUT2D eigenvalue weighted by atomic mass is 32.2. The van der Waals surface area contributed by atoms with E-state index < -0.39 is 5.25 Å². The number of anilines is 2. The second kappa shape index (κ2) is 11.9. The first-order chi connectivity index (χ1) is 17.1. The van der Waals surface area contributed by atoms with Crippen molar-refractivity contribution in [3.05, 3.63) is 121 Å². The number of carbonyl (C=O) groups excluding carboxylic acids is 2. The van der Waals surface area contributed by atoms with Gasteiger partial charge in [-0.2, -0.15) is 0 Å². The Balaban J connectivity index is 1.45. The monoisotopic (exact) mass is 486 g/mol. The minimum atomic E-state index is -0.561. The van der Waals surface area contributed by atoms with E-state index in [2.05, 4.69) is 10.6 Å². The van der Waals surface area contributed by atoms with Gasteiger partial charge in [0.15, 0.2) is 6.61 Å². The van der Waals surface area contributed by atoms with Crippen molar-refractivity contribution in [1.29, 1.82) is 0 Å². The third-order valence-electron chi connectivity index (χ3n) is 4.94. The predicted molar refractivity (Wildman–Crippen MR) is 137 cm³/mol. The van der Waals surface area contributed by atoms with Gasteiger partial charge in [-0.15, -0.1) is 11.8 Å². The first-order valence-corrected chi connectivity index (χ1v) is 11.8. The largest absolute Gasteiger partial charge is 0.484 e. The number of para-hydroxylation sites is 1. The van der Waals surface area contributed by atoms with Crippen LogP contribution in [0.15, 0.2) is 114 Å². The topological polar surface area (TPSA) is 67.4 Å². The van der Waals surface area contributed by atoms with Crippen molar-refractivity contribution < 1.29 is 18.7 Å². The van der Waals surface area contributed by atoms with Crippen LogP contribution >= 0.6 is 11.8 Å². The highest BCUT2D eigenvalue weighted by Gasteiger charge is 2.22. The lowest BCUT2D eigenvalue weighted by Gasteiger charge is -2.18. The van der Waals surface area contributed by atoms with Crippen LogP contribution in [0.25, 0.3) is 0 Å². The van der Waals surface area contributed by atoms with Crippen molar-refractivity contribution in [1.82, 2.24) is 0 Å². The van der Waals surface area contributed by atoms with Gasteiger partial charge in [-0.25, -0.2) is 4.39 Å². The van der Waals surface area contributed by atoms with E-state index in [0.29, 0.717) is 17.1 Å². The van der Waals surface area contributed by atoms with Crippen LogP contribution in [-0.2, 0) is 9.59 Å². The first-order valence-electron chi connectivity index (χ1n) is 10.9. The van der Waals surface area contributed by atoms with Gasteiger partial charge in [0.25, 0.3) is 5.91 Å². The van der Waals surface area contributed by atoms with Gasteiger partial charge in [0.1, 0.15) is 16.8 Å². The van der Waals surface area contributed by atoms with Crippen LogP contribution < -0.4 is 15.4 Å². The third kappa shape index (κ3) is 7.19. The number of halogens is 1. The van der Waals surface area contributed by atoms with Crippen molar-refractivity contribution in [2.24, 2.45) is 0 Å². The van der Waals surface area contributed by atoms with Crippen LogP contribution in [0.1, 0.15) is 10.8 Å². The van der Waals surface area contributed by atoms with Gasteiger partial charge < -0.3 is 15.4 Å². The highest BCUT2D eigenvalue weighted by molar-refractivity contribution is 8.00. The van der Waals surface area contributed by atoms with E-state index in [1.54, 1.807) is 18.2 Å². The Bertz CT molecular complexity index is 1270. The van der Waals surface area contributed by atoms with Crippen LogP contribution in [-0.4, -0.2) is 18.4 Å². The summed E-state index contributed by atoms with van der Waals surface area (Å²) in [5.41, 5.74) is 1.93. The summed E-state index contributed by atoms with van der Waals surface area (Å²) in [6.07, 6.45) is 0. The highest BCUT2D eigenvalue weighted by Crippen LogP contribution is 2.37. The number of ether oxygens (including phenoxy) is 1. The molecule has 0 aliphatic rings. The molecule has 7 heteroatoms. The smallest absolute Gasteiger partial charge is 0.262 e. The normalized spacial score (nSPS) is 11.3. The van der Waals surface area contributed by atoms with Gasteiger partial charge in [-0.3, -0.25) is 9.59 Å². The van der Waals surface area contributed by atoms with Gasteiger partial charge >= 0.3 is 0 Å². The Morgan fingerprint density at radius 3 is 2.17 bits per heavy atom. The number of benzene rings is 4. The summed E-state index contributed by atoms with van der Waals surface area (Å²) in [6.45, 7) is -0.117. The van der Waals surface area contributed by atoms with E-state index in [0.717, 1.165) is 10.5 Å². The van der Waals surface area contributed by atoms with Crippen molar-refractivity contribution >= 4 is 35.0 Å². The summed E-state index contributed by atoms with van der Waals surface area (Å²) in [5.74, 6) is -0.280. The molecule has 1 unspecified atom stereocenters. The van der Waals surface area contributed by atoms with Crippen LogP contribution in [0.4, 0.5) is 15.8 Å². The Morgan fingerprint density at radius 2 is 1.46 bits per heavy atom. The Hall–Kier alpha value is -4.10. The molecule has 176 valence electrons. The minimum absolute atomic E-state index is 0.117. The number of carbonyl (C=O) groups is 2. The maximum Gasteiger partial charge on any atom is 0.262 e. The molecule has 0 aliphatic carbocycles. The van der Waals surface area contributed by atoms with E-state index in [4.69, 9.17) is 4.74 Å². The molecule has 0 radical (unpaired) electrons. The Labute approximate surface area is 207 Å². The quantitative estimate of drug-likeness (QED) is 0.272. The van der Waals surface area contributed by atoms with E-state index in [9.17, 15) is 14.0 Å². The van der Waals surface area contributed by atoms with Crippen LogP contribution in [0.2, 0.25) is 0 Å². The maximum absolute atomic E-state index is 13.2. The molecule has 0 heterocycles. The molecule has 1 atom stereocenters. The lowest BCUT2D eigenvalue weighted by molar-refractivity contribution is -0.118. The predicted octanol–water partition coefficient (Wildman–Crippen LogP) is 6.32. The SMILES string of the molecule is O=C(COc1ccccc1)Nc1cccc(SC(C(=O)Nc2ccc(F)cc2)c2ccccc2)c1. The molecule has 0 spiro atoms. The van der Waals surface area contributed by atoms with Crippen molar-refractivity contribution in [2.45, 2.75) is 10.1 Å². The van der Waals surface area contributed by atoms with E-state index in [-0.39, 0.29) is 24.2 Å². The summed E-state index contributed by atoms with van der Waals surface area (Å²) in [7, 11) is 0. The van der Waals surface area contributed by atoms with Gasteiger partial charge in [0, 0.05) is 16.3 Å². The summed E-state index contributed by atoms with van der Waals surface area (Å²) < 4.78 is 18.7. The number of thioether (sulfide) groups is 1. The molecule has 0 fully saturated rings. The number of hydrogen-bond acceptors (Lipinski definition) is 4. The van der Waals surface area contributed by atoms with E-state index in [1.165, 1.54) is 36.0 Å². The molecule has 4 aromatic rings. The molecule has 0 saturated heterocycles. The zero-order valence-corrected chi connectivity index (χ0v) is 19.5. The fourth-order valence-corrected chi connectivity index (χ4v) is 4.37. The van der Waals surface area contributed by atoms with Crippen molar-refractivity contribution in [3.8, 4) is 5.75 Å². The number of hydrogen-bond donors (Lipinski definition) is 2. The second-order valence-corrected chi connectivity index (χ2v) is 8.76. The molecule has 2 amide bonds. The lowest BCUT2D eigenvalue weighted by Crippen LogP contribution is -2.20. The van der Waals surface area contributed by atoms with Gasteiger partial charge in [-0.1, -0.05) is 54.6 Å². The fraction of sp³-hybridized carbons (Fsp3) is 0.0714. The Kier molecular flexibility index (Phi) is 8.14. The average Bonchev–Trinajstić information content (AvgIpc) is 2.89. The average molecular weight is 487 g/mol. The molecule has 4 aromatic carbocycles. The van der Waals surface area contributed by atoms with Crippen LogP contribution in [0.3, 0.4) is 0 Å². The number of nitrogens with one attached hydrogen (secondary N) is 2. The minimum Gasteiger partial charge on any atom is -0.484 e. The van der Waals surface area contributed by atoms with Crippen molar-refractivity contribution in [3.63, 3.8) is 0 Å². The molecule has 4 rings (SSSR count). The number of rotatable bonds is 9. The second-order valence-electron chi connectivity index (χ2n) is 7.58. The van der Waals surface area contributed by atoms with Crippen LogP contribution in [0.5, 0.6) is 5.75 Å². The van der Waals surface area contributed by atoms with Gasteiger partial charge in [-0.05, 0) is 60.2 Å². The molecular weight excluding hydrogens is 463 g/mol. The molecule has 0 bridgehead atoms. The molecule has 0 saturated carbocycles. The zero-order valence-electron chi connectivity index (χ0n) is 18.7. The zero-order chi connectivity index (χ0) is 24.5. The number of amides is 2. The molecule has 2 N–H and O–H groups in total. The standard InChI is InChI=1S/C28H23FN2O3S/c29-21-14-16-22(17-15-21)31-28(33)27(20-8-3-1-4-9-20)35-25-13-7-10-23(18-25)30-26(32)19-34-24-11-5-2-6-12-24/h1-18,27H,19H2,(H,30,32)(H,31,33). The van der Waals surface area contributed by atoms with E-state index >= 15 is 0 Å². The molecule has 5 nitrogen and oxygen atoms in total. The molecular formula is C28H23FN2O3S. The molecule has 0 aliphatic heterocycles. The van der Waals surface area contributed by atoms with Crippen molar-refractivity contribution in [2.75, 3.05) is 17.2 Å². The molecule has 35 heavy (non-hydrogen) atoms. The van der Waals surface area contributed by atoms with Crippen LogP contribution in [0, 0.1) is 5.82 Å². The molecule has 0 aromatic heterocycles. The fourth-order valence-electron chi connectivity index (χ4n) is 3.29. The summed E-state index contributed by atoms with van der Waals surface area (Å²) in [6, 6.07) is 31.4. The Morgan fingerprint density at radius 1 is 0.771 bits per heavy atom. The third-order valence-corrected chi connectivity index (χ3v) is 6.19. The summed E-state index contributed by atoms with van der Waals surface area (Å²) in [5, 5.41) is 5.12. The van der Waals surface area contributed by atoms with E-state index in [1.807, 2.05) is 66.7 Å². The first kappa shape index (κ1) is 24.0. The van der Waals surface area contributed by atoms with Gasteiger partial charge in [0.05, 0.1) is 0 Å². The lowest BCUT2D eigenvalue weighted by atomic mass is 10.1. The summed E-state index contributed by atoms with van der Waals surface area (Å²) >= 11 is 1.36. The summed E-state index contributed by atoms with van der Waals surface area (Å²) in [4.78, 5) is 26.3. The van der Waals surface area contributed by atoms with Gasteiger partial charge in [0.2, 0.25) is 5.91 Å².